The van der Waals surface area contributed by atoms with Crippen molar-refractivity contribution in [3.05, 3.63) is 41.1 Å². The van der Waals surface area contributed by atoms with E-state index in [9.17, 15) is 4.79 Å². The van der Waals surface area contributed by atoms with Crippen LogP contribution in [0.4, 0.5) is 5.82 Å². The van der Waals surface area contributed by atoms with Crippen LogP contribution in [0.15, 0.2) is 18.3 Å². The number of aryl methyl sites for hydroxylation is 1. The van der Waals surface area contributed by atoms with Gasteiger partial charge in [-0.3, -0.25) is 4.79 Å². The molecule has 0 saturated heterocycles. The van der Waals surface area contributed by atoms with Gasteiger partial charge in [0.15, 0.2) is 0 Å². The number of nitrogens with zero attached hydrogens (tertiary/aromatic N) is 5. The van der Waals surface area contributed by atoms with Crippen molar-refractivity contribution in [3.63, 3.8) is 0 Å². The molecule has 0 aliphatic carbocycles. The molecule has 7 nitrogen and oxygen atoms in total. The lowest BCUT2D eigenvalue weighted by Crippen LogP contribution is -2.37. The molecule has 0 aromatic carbocycles. The molecule has 0 atom stereocenters. The van der Waals surface area contributed by atoms with Crippen molar-refractivity contribution in [2.24, 2.45) is 0 Å². The van der Waals surface area contributed by atoms with Crippen LogP contribution >= 0.6 is 0 Å². The van der Waals surface area contributed by atoms with Crippen LogP contribution < -0.4 is 5.32 Å². The Morgan fingerprint density at radius 3 is 3.05 bits per heavy atom. The number of fused-ring (bicyclic) bond motifs is 1. The Bertz CT molecular complexity index is 702. The number of hydrogen-bond acceptors (Lipinski definition) is 6. The van der Waals surface area contributed by atoms with Gasteiger partial charge in [0.05, 0.1) is 5.69 Å². The highest BCUT2D eigenvalue weighted by Crippen LogP contribution is 2.20. The Kier molecular flexibility index (Phi) is 3.95. The van der Waals surface area contributed by atoms with Crippen LogP contribution in [0.2, 0.25) is 0 Å². The quantitative estimate of drug-likeness (QED) is 0.917. The Balaban J connectivity index is 1.81. The molecule has 1 amide bonds. The topological polar surface area (TPSA) is 83.9 Å². The smallest absolute Gasteiger partial charge is 0.272 e. The first-order valence-corrected chi connectivity index (χ1v) is 7.35. The summed E-state index contributed by atoms with van der Waals surface area (Å²) in [5, 5.41) is 11.5. The fourth-order valence-electron chi connectivity index (χ4n) is 2.51. The van der Waals surface area contributed by atoms with Gasteiger partial charge in [0.2, 0.25) is 0 Å². The minimum Gasteiger partial charge on any atom is -0.369 e. The number of rotatable bonds is 3. The van der Waals surface area contributed by atoms with E-state index in [1.165, 1.54) is 0 Å². The molecule has 0 unspecified atom stereocenters. The number of nitrogens with one attached hydrogen (secondary N) is 1. The molecule has 1 aliphatic heterocycles. The molecule has 114 valence electrons. The maximum Gasteiger partial charge on any atom is 0.272 e. The molecule has 22 heavy (non-hydrogen) atoms. The van der Waals surface area contributed by atoms with Crippen LogP contribution in [0, 0.1) is 6.92 Å². The second kappa shape index (κ2) is 6.05. The predicted molar refractivity (Wildman–Crippen MR) is 81.4 cm³/mol. The van der Waals surface area contributed by atoms with Crippen molar-refractivity contribution in [2.45, 2.75) is 26.8 Å². The van der Waals surface area contributed by atoms with Gasteiger partial charge in [-0.05, 0) is 31.5 Å². The number of amides is 1. The Hall–Kier alpha value is -2.57. The van der Waals surface area contributed by atoms with Gasteiger partial charge in [0.1, 0.15) is 17.3 Å². The molecule has 0 fully saturated rings. The summed E-state index contributed by atoms with van der Waals surface area (Å²) in [7, 11) is 0. The number of carbonyl (C=O) groups excluding carboxylic acids is 1. The number of aromatic nitrogens is 4. The first-order chi connectivity index (χ1) is 10.7. The third kappa shape index (κ3) is 2.88. The van der Waals surface area contributed by atoms with Crippen LogP contribution in [0.5, 0.6) is 0 Å². The maximum absolute atomic E-state index is 12.6. The molecular weight excluding hydrogens is 280 g/mol. The molecule has 0 radical (unpaired) electrons. The molecule has 7 heteroatoms. The van der Waals surface area contributed by atoms with Crippen LogP contribution in [0.25, 0.3) is 0 Å². The summed E-state index contributed by atoms with van der Waals surface area (Å²) in [5.74, 6) is 1.27. The van der Waals surface area contributed by atoms with Gasteiger partial charge in [-0.25, -0.2) is 9.97 Å². The van der Waals surface area contributed by atoms with Crippen molar-refractivity contribution in [1.29, 1.82) is 0 Å². The van der Waals surface area contributed by atoms with Crippen LogP contribution in [-0.4, -0.2) is 44.1 Å². The summed E-state index contributed by atoms with van der Waals surface area (Å²) in [6.07, 6.45) is 2.33. The number of anilines is 1. The monoisotopic (exact) mass is 298 g/mol. The Morgan fingerprint density at radius 2 is 2.27 bits per heavy atom. The highest BCUT2D eigenvalue weighted by Gasteiger charge is 2.24. The van der Waals surface area contributed by atoms with Crippen LogP contribution in [-0.2, 0) is 13.0 Å². The fraction of sp³-hybridized carbons (Fsp3) is 0.400. The van der Waals surface area contributed by atoms with Crippen molar-refractivity contribution in [1.82, 2.24) is 25.1 Å². The summed E-state index contributed by atoms with van der Waals surface area (Å²) in [6.45, 7) is 5.74. The summed E-state index contributed by atoms with van der Waals surface area (Å²) in [5.41, 5.74) is 2.44. The second-order valence-electron chi connectivity index (χ2n) is 5.20. The summed E-state index contributed by atoms with van der Waals surface area (Å²) >= 11 is 0. The van der Waals surface area contributed by atoms with E-state index in [1.54, 1.807) is 24.1 Å². The van der Waals surface area contributed by atoms with Gasteiger partial charge in [0.25, 0.3) is 5.91 Å². The normalized spacial score (nSPS) is 13.6. The van der Waals surface area contributed by atoms with Crippen molar-refractivity contribution in [2.75, 3.05) is 18.4 Å². The molecule has 3 heterocycles. The summed E-state index contributed by atoms with van der Waals surface area (Å²) < 4.78 is 0. The van der Waals surface area contributed by atoms with E-state index in [-0.39, 0.29) is 5.91 Å². The predicted octanol–water partition coefficient (Wildman–Crippen LogP) is 1.21. The summed E-state index contributed by atoms with van der Waals surface area (Å²) in [6, 6.07) is 3.62. The highest BCUT2D eigenvalue weighted by atomic mass is 16.2. The van der Waals surface area contributed by atoms with Gasteiger partial charge in [-0.1, -0.05) is 0 Å². The largest absolute Gasteiger partial charge is 0.369 e. The van der Waals surface area contributed by atoms with Crippen molar-refractivity contribution < 1.29 is 4.79 Å². The Morgan fingerprint density at radius 1 is 1.41 bits per heavy atom. The molecule has 1 N–H and O–H groups in total. The third-order valence-electron chi connectivity index (χ3n) is 3.58. The fourth-order valence-corrected chi connectivity index (χ4v) is 2.51. The van der Waals surface area contributed by atoms with Gasteiger partial charge in [-0.2, -0.15) is 5.10 Å². The van der Waals surface area contributed by atoms with Gasteiger partial charge >= 0.3 is 0 Å². The van der Waals surface area contributed by atoms with Crippen molar-refractivity contribution in [3.8, 4) is 0 Å². The maximum atomic E-state index is 12.6. The molecule has 2 aromatic rings. The van der Waals surface area contributed by atoms with E-state index in [4.69, 9.17) is 0 Å². The lowest BCUT2D eigenvalue weighted by atomic mass is 10.1. The van der Waals surface area contributed by atoms with Crippen LogP contribution in [0.1, 0.15) is 34.5 Å². The molecule has 2 aromatic heterocycles. The van der Waals surface area contributed by atoms with Gasteiger partial charge < -0.3 is 10.2 Å². The van der Waals surface area contributed by atoms with E-state index >= 15 is 0 Å². The zero-order valence-corrected chi connectivity index (χ0v) is 12.7. The van der Waals surface area contributed by atoms with E-state index in [2.05, 4.69) is 25.5 Å². The van der Waals surface area contributed by atoms with E-state index in [0.29, 0.717) is 31.0 Å². The Labute approximate surface area is 128 Å². The third-order valence-corrected chi connectivity index (χ3v) is 3.58. The van der Waals surface area contributed by atoms with E-state index in [0.717, 1.165) is 23.6 Å². The van der Waals surface area contributed by atoms with Crippen LogP contribution in [0.3, 0.4) is 0 Å². The zero-order valence-electron chi connectivity index (χ0n) is 12.7. The summed E-state index contributed by atoms with van der Waals surface area (Å²) in [4.78, 5) is 22.6. The average Bonchev–Trinajstić information content (AvgIpc) is 2.54. The van der Waals surface area contributed by atoms with Gasteiger partial charge in [-0.15, -0.1) is 5.10 Å². The van der Waals surface area contributed by atoms with Crippen molar-refractivity contribution >= 4 is 11.7 Å². The minimum absolute atomic E-state index is 0.0713. The molecule has 0 bridgehead atoms. The molecule has 3 rings (SSSR count). The average molecular weight is 298 g/mol. The second-order valence-corrected chi connectivity index (χ2v) is 5.20. The highest BCUT2D eigenvalue weighted by molar-refractivity contribution is 5.92. The molecule has 0 saturated carbocycles. The molecule has 0 spiro atoms. The van der Waals surface area contributed by atoms with Gasteiger partial charge in [0, 0.05) is 32.3 Å². The standard InChI is InChI=1S/C15H18N6O/c1-3-16-14-8-11-9-21(7-5-12(11)19-20-14)15(22)13-4-6-17-10(2)18-13/h4,6,8H,3,5,7,9H2,1-2H3,(H,16,20). The SMILES string of the molecule is CCNc1cc2c(nn1)CCN(C(=O)c1ccnc(C)n1)C2. The van der Waals surface area contributed by atoms with E-state index in [1.807, 2.05) is 13.0 Å². The minimum atomic E-state index is -0.0713. The first kappa shape index (κ1) is 14.4. The van der Waals surface area contributed by atoms with E-state index < -0.39 is 0 Å². The number of carbonyl (C=O) groups is 1. The molecule has 1 aliphatic rings. The molecular formula is C15H18N6O. The lowest BCUT2D eigenvalue weighted by molar-refractivity contribution is 0.0726. The zero-order chi connectivity index (χ0) is 15.5. The first-order valence-electron chi connectivity index (χ1n) is 7.35. The lowest BCUT2D eigenvalue weighted by Gasteiger charge is -2.27. The number of hydrogen-bond donors (Lipinski definition) is 1.